The molecule has 0 bridgehead atoms. The highest BCUT2D eigenvalue weighted by Gasteiger charge is 2.34. The maximum Gasteiger partial charge on any atom is 0.211 e. The van der Waals surface area contributed by atoms with Gasteiger partial charge in [-0.1, -0.05) is 0 Å². The summed E-state index contributed by atoms with van der Waals surface area (Å²) in [6, 6.07) is 0.177. The lowest BCUT2D eigenvalue weighted by Crippen LogP contribution is -2.41. The molecule has 2 N–H and O–H groups in total. The Bertz CT molecular complexity index is 315. The summed E-state index contributed by atoms with van der Waals surface area (Å²) in [7, 11) is -3.02. The van der Waals surface area contributed by atoms with Gasteiger partial charge < -0.3 is 5.32 Å². The number of hydrogen-bond acceptors (Lipinski definition) is 3. The van der Waals surface area contributed by atoms with E-state index < -0.39 is 10.0 Å². The first-order valence-electron chi connectivity index (χ1n) is 5.81. The molecule has 1 saturated carbocycles. The fourth-order valence-electron chi connectivity index (χ4n) is 2.74. The van der Waals surface area contributed by atoms with Crippen LogP contribution in [0.5, 0.6) is 0 Å². The topological polar surface area (TPSA) is 58.2 Å². The van der Waals surface area contributed by atoms with E-state index in [0.29, 0.717) is 5.92 Å². The average molecular weight is 232 g/mol. The highest BCUT2D eigenvalue weighted by atomic mass is 32.2. The molecule has 5 heteroatoms. The number of sulfonamides is 1. The average Bonchev–Trinajstić information content (AvgIpc) is 2.64. The molecule has 3 atom stereocenters. The summed E-state index contributed by atoms with van der Waals surface area (Å²) in [6.07, 6.45) is 3.17. The fourth-order valence-corrected chi connectivity index (χ4v) is 3.63. The van der Waals surface area contributed by atoms with Gasteiger partial charge in [-0.15, -0.1) is 0 Å². The van der Waals surface area contributed by atoms with Gasteiger partial charge in [-0.25, -0.2) is 13.1 Å². The van der Waals surface area contributed by atoms with Crippen molar-refractivity contribution in [3.05, 3.63) is 0 Å². The zero-order chi connectivity index (χ0) is 10.9. The van der Waals surface area contributed by atoms with Gasteiger partial charge in [0.15, 0.2) is 0 Å². The zero-order valence-electron chi connectivity index (χ0n) is 9.20. The highest BCUT2D eigenvalue weighted by Crippen LogP contribution is 2.32. The Morgan fingerprint density at radius 1 is 1.27 bits per heavy atom. The van der Waals surface area contributed by atoms with Gasteiger partial charge in [0.1, 0.15) is 0 Å². The Labute approximate surface area is 91.9 Å². The summed E-state index contributed by atoms with van der Waals surface area (Å²) in [4.78, 5) is 0. The monoisotopic (exact) mass is 232 g/mol. The first-order chi connectivity index (χ1) is 7.11. The molecule has 1 heterocycles. The number of hydrogen-bond donors (Lipinski definition) is 2. The zero-order valence-corrected chi connectivity index (χ0v) is 10.0. The van der Waals surface area contributed by atoms with E-state index in [1.165, 1.54) is 0 Å². The van der Waals surface area contributed by atoms with E-state index in [4.69, 9.17) is 0 Å². The van der Waals surface area contributed by atoms with Crippen molar-refractivity contribution in [3.8, 4) is 0 Å². The molecule has 15 heavy (non-hydrogen) atoms. The predicted molar refractivity (Wildman–Crippen MR) is 60.1 cm³/mol. The van der Waals surface area contributed by atoms with E-state index in [1.807, 2.05) is 0 Å². The molecule has 2 fully saturated rings. The first kappa shape index (κ1) is 11.4. The molecule has 0 aromatic heterocycles. The molecule has 0 aromatic rings. The minimum absolute atomic E-state index is 0.177. The highest BCUT2D eigenvalue weighted by molar-refractivity contribution is 7.89. The second kappa shape index (κ2) is 4.39. The van der Waals surface area contributed by atoms with Gasteiger partial charge in [0, 0.05) is 6.04 Å². The van der Waals surface area contributed by atoms with E-state index in [0.717, 1.165) is 38.3 Å². The van der Waals surface area contributed by atoms with E-state index in [2.05, 4.69) is 10.0 Å². The Balaban J connectivity index is 1.90. The molecular formula is C10H20N2O2S. The molecule has 88 valence electrons. The Hall–Kier alpha value is -0.130. The van der Waals surface area contributed by atoms with Gasteiger partial charge in [-0.3, -0.25) is 0 Å². The van der Waals surface area contributed by atoms with Crippen LogP contribution in [0.4, 0.5) is 0 Å². The summed E-state index contributed by atoms with van der Waals surface area (Å²) < 4.78 is 25.7. The van der Waals surface area contributed by atoms with Crippen molar-refractivity contribution in [3.63, 3.8) is 0 Å². The lowest BCUT2D eigenvalue weighted by atomic mass is 9.79. The summed E-state index contributed by atoms with van der Waals surface area (Å²) in [5.41, 5.74) is 0. The van der Waals surface area contributed by atoms with Crippen LogP contribution in [0.1, 0.15) is 26.2 Å². The van der Waals surface area contributed by atoms with Gasteiger partial charge in [0.25, 0.3) is 0 Å². The van der Waals surface area contributed by atoms with Crippen LogP contribution >= 0.6 is 0 Å². The third kappa shape index (κ3) is 2.71. The van der Waals surface area contributed by atoms with Gasteiger partial charge >= 0.3 is 0 Å². The first-order valence-corrected chi connectivity index (χ1v) is 7.46. The van der Waals surface area contributed by atoms with Crippen molar-refractivity contribution in [2.75, 3.05) is 18.8 Å². The second-order valence-corrected chi connectivity index (χ2v) is 6.75. The van der Waals surface area contributed by atoms with Crippen LogP contribution in [0.3, 0.4) is 0 Å². The summed E-state index contributed by atoms with van der Waals surface area (Å²) in [5, 5.41) is 3.38. The molecule has 2 rings (SSSR count). The maximum atomic E-state index is 11.4. The minimum Gasteiger partial charge on any atom is -0.316 e. The van der Waals surface area contributed by atoms with E-state index in [1.54, 1.807) is 6.92 Å². The van der Waals surface area contributed by atoms with Crippen LogP contribution in [0.2, 0.25) is 0 Å². The number of nitrogens with one attached hydrogen (secondary N) is 2. The SMILES string of the molecule is CCS(=O)(=O)NC1CC[C@H]2CNC[C@H]2C1. The number of fused-ring (bicyclic) bond motifs is 1. The summed E-state index contributed by atoms with van der Waals surface area (Å²) in [6.45, 7) is 3.87. The number of rotatable bonds is 3. The van der Waals surface area contributed by atoms with Crippen molar-refractivity contribution >= 4 is 10.0 Å². The summed E-state index contributed by atoms with van der Waals surface area (Å²) in [5.74, 6) is 1.66. The van der Waals surface area contributed by atoms with Gasteiger partial charge in [-0.05, 0) is 51.1 Å². The third-order valence-electron chi connectivity index (χ3n) is 3.68. The van der Waals surface area contributed by atoms with Gasteiger partial charge in [0.05, 0.1) is 5.75 Å². The molecule has 1 aliphatic heterocycles. The Morgan fingerprint density at radius 2 is 2.00 bits per heavy atom. The molecule has 1 unspecified atom stereocenters. The van der Waals surface area contributed by atoms with Gasteiger partial charge in [0.2, 0.25) is 10.0 Å². The van der Waals surface area contributed by atoms with E-state index >= 15 is 0 Å². The van der Waals surface area contributed by atoms with E-state index in [9.17, 15) is 8.42 Å². The third-order valence-corrected chi connectivity index (χ3v) is 5.13. The molecule has 0 spiro atoms. The largest absolute Gasteiger partial charge is 0.316 e. The van der Waals surface area contributed by atoms with Crippen molar-refractivity contribution in [1.29, 1.82) is 0 Å². The van der Waals surface area contributed by atoms with Crippen LogP contribution in [0, 0.1) is 11.8 Å². The van der Waals surface area contributed by atoms with Crippen molar-refractivity contribution < 1.29 is 8.42 Å². The Kier molecular flexibility index (Phi) is 3.33. The van der Waals surface area contributed by atoms with Crippen LogP contribution < -0.4 is 10.0 Å². The molecule has 1 aliphatic carbocycles. The second-order valence-electron chi connectivity index (χ2n) is 4.71. The van der Waals surface area contributed by atoms with Crippen LogP contribution in [0.25, 0.3) is 0 Å². The standard InChI is InChI=1S/C10H20N2O2S/c1-2-15(13,14)12-10-4-3-8-6-11-7-9(8)5-10/h8-12H,2-7H2,1H3/t8-,9+,10?/m0/s1. The summed E-state index contributed by atoms with van der Waals surface area (Å²) >= 11 is 0. The molecule has 0 aromatic carbocycles. The van der Waals surface area contributed by atoms with Crippen LogP contribution in [-0.4, -0.2) is 33.3 Å². The van der Waals surface area contributed by atoms with Gasteiger partial charge in [-0.2, -0.15) is 0 Å². The lowest BCUT2D eigenvalue weighted by molar-refractivity contribution is 0.260. The normalized spacial score (nSPS) is 36.5. The molecule has 4 nitrogen and oxygen atoms in total. The van der Waals surface area contributed by atoms with Crippen molar-refractivity contribution in [2.24, 2.45) is 11.8 Å². The van der Waals surface area contributed by atoms with E-state index in [-0.39, 0.29) is 11.8 Å². The quantitative estimate of drug-likeness (QED) is 0.736. The molecular weight excluding hydrogens is 212 g/mol. The molecule has 0 amide bonds. The van der Waals surface area contributed by atoms with Crippen molar-refractivity contribution in [2.45, 2.75) is 32.2 Å². The molecule has 1 saturated heterocycles. The predicted octanol–water partition coefficient (Wildman–Crippen LogP) is 0.314. The molecule has 0 radical (unpaired) electrons. The Morgan fingerprint density at radius 3 is 2.73 bits per heavy atom. The smallest absolute Gasteiger partial charge is 0.211 e. The maximum absolute atomic E-state index is 11.4. The van der Waals surface area contributed by atoms with Crippen molar-refractivity contribution in [1.82, 2.24) is 10.0 Å². The molecule has 2 aliphatic rings. The van der Waals surface area contributed by atoms with Crippen LogP contribution in [-0.2, 0) is 10.0 Å². The lowest BCUT2D eigenvalue weighted by Gasteiger charge is -2.31. The fraction of sp³-hybridized carbons (Fsp3) is 1.00. The van der Waals surface area contributed by atoms with Crippen LogP contribution in [0.15, 0.2) is 0 Å². The minimum atomic E-state index is -3.02.